The Balaban J connectivity index is 2.09. The predicted molar refractivity (Wildman–Crippen MR) is 82.3 cm³/mol. The number of urea groups is 1. The number of anilines is 1. The second-order valence-corrected chi connectivity index (χ2v) is 6.30. The molecule has 3 N–H and O–H groups in total. The van der Waals surface area contributed by atoms with Crippen LogP contribution in [0.3, 0.4) is 0 Å². The Labute approximate surface area is 122 Å². The lowest BCUT2D eigenvalue weighted by Crippen LogP contribution is -2.50. The second-order valence-electron chi connectivity index (χ2n) is 5.07. The molecule has 0 aliphatic carbocycles. The number of carbonyl (C=O) groups is 1. The quantitative estimate of drug-likeness (QED) is 0.811. The number of thiazole rings is 1. The number of aliphatic hydroxyl groups is 1. The van der Waals surface area contributed by atoms with Crippen LogP contribution in [-0.2, 0) is 0 Å². The van der Waals surface area contributed by atoms with Crippen LogP contribution in [0.25, 0.3) is 10.2 Å². The van der Waals surface area contributed by atoms with E-state index in [-0.39, 0.29) is 12.6 Å². The van der Waals surface area contributed by atoms with E-state index in [4.69, 9.17) is 0 Å². The Morgan fingerprint density at radius 2 is 2.25 bits per heavy atom. The summed E-state index contributed by atoms with van der Waals surface area (Å²) in [6.45, 7) is 5.59. The van der Waals surface area contributed by atoms with Crippen molar-refractivity contribution in [1.82, 2.24) is 10.3 Å². The molecule has 108 valence electrons. The van der Waals surface area contributed by atoms with Crippen LogP contribution in [0.4, 0.5) is 10.5 Å². The number of aliphatic hydroxyl groups excluding tert-OH is 1. The van der Waals surface area contributed by atoms with Gasteiger partial charge < -0.3 is 15.7 Å². The Hall–Kier alpha value is -1.66. The molecule has 0 bridgehead atoms. The van der Waals surface area contributed by atoms with Crippen molar-refractivity contribution in [3.8, 4) is 0 Å². The van der Waals surface area contributed by atoms with E-state index in [9.17, 15) is 9.90 Å². The number of nitrogens with zero attached hydrogens (tertiary/aromatic N) is 1. The fourth-order valence-electron chi connectivity index (χ4n) is 1.79. The maximum absolute atomic E-state index is 11.9. The number of aryl methyl sites for hydroxylation is 1. The van der Waals surface area contributed by atoms with Crippen LogP contribution in [0.5, 0.6) is 0 Å². The van der Waals surface area contributed by atoms with E-state index < -0.39 is 5.54 Å². The van der Waals surface area contributed by atoms with Crippen LogP contribution >= 0.6 is 11.3 Å². The normalized spacial score (nSPS) is 14.0. The van der Waals surface area contributed by atoms with Gasteiger partial charge in [-0.25, -0.2) is 9.78 Å². The molecule has 0 saturated heterocycles. The monoisotopic (exact) mass is 293 g/mol. The zero-order chi connectivity index (χ0) is 14.8. The number of benzene rings is 1. The highest BCUT2D eigenvalue weighted by molar-refractivity contribution is 7.18. The zero-order valence-corrected chi connectivity index (χ0v) is 12.7. The Bertz CT molecular complexity index is 620. The molecule has 0 spiro atoms. The molecule has 1 aromatic heterocycles. The van der Waals surface area contributed by atoms with Crippen LogP contribution in [-0.4, -0.2) is 28.3 Å². The fraction of sp³-hybridized carbons (Fsp3) is 0.429. The molecule has 6 heteroatoms. The molecule has 2 aromatic rings. The summed E-state index contributed by atoms with van der Waals surface area (Å²) in [5.74, 6) is 0. The predicted octanol–water partition coefficient (Wildman–Crippen LogP) is 2.89. The first kappa shape index (κ1) is 14.7. The lowest BCUT2D eigenvalue weighted by Gasteiger charge is -2.27. The van der Waals surface area contributed by atoms with E-state index in [2.05, 4.69) is 15.6 Å². The minimum atomic E-state index is -0.602. The molecule has 1 unspecified atom stereocenters. The SMILES string of the molecule is CCC(C)(CO)NC(=O)Nc1ccc2nc(C)sc2c1. The standard InChI is InChI=1S/C14H19N3O2S/c1-4-14(3,8-18)17-13(19)16-10-5-6-11-12(7-10)20-9(2)15-11/h5-7,18H,4,8H2,1-3H3,(H2,16,17,19). The summed E-state index contributed by atoms with van der Waals surface area (Å²) in [4.78, 5) is 16.3. The molecule has 2 amide bonds. The number of rotatable bonds is 4. The number of amides is 2. The highest BCUT2D eigenvalue weighted by Gasteiger charge is 2.23. The van der Waals surface area contributed by atoms with E-state index in [1.165, 1.54) is 0 Å². The molecule has 0 aliphatic heterocycles. The van der Waals surface area contributed by atoms with Crippen molar-refractivity contribution in [2.75, 3.05) is 11.9 Å². The topological polar surface area (TPSA) is 74.2 Å². The van der Waals surface area contributed by atoms with Crippen molar-refractivity contribution < 1.29 is 9.90 Å². The average molecular weight is 293 g/mol. The summed E-state index contributed by atoms with van der Waals surface area (Å²) in [7, 11) is 0. The smallest absolute Gasteiger partial charge is 0.319 e. The van der Waals surface area contributed by atoms with Gasteiger partial charge in [0.05, 0.1) is 27.4 Å². The molecule has 1 atom stereocenters. The minimum absolute atomic E-state index is 0.0933. The molecular formula is C14H19N3O2S. The zero-order valence-electron chi connectivity index (χ0n) is 11.9. The molecule has 1 heterocycles. The third-order valence-corrected chi connectivity index (χ3v) is 4.23. The van der Waals surface area contributed by atoms with Crippen LogP contribution in [0.15, 0.2) is 18.2 Å². The summed E-state index contributed by atoms with van der Waals surface area (Å²) in [6, 6.07) is 5.30. The van der Waals surface area contributed by atoms with Crippen LogP contribution < -0.4 is 10.6 Å². The summed E-state index contributed by atoms with van der Waals surface area (Å²) in [6.07, 6.45) is 0.657. The highest BCUT2D eigenvalue weighted by atomic mass is 32.1. The molecule has 1 aromatic carbocycles. The first-order valence-electron chi connectivity index (χ1n) is 6.53. The first-order chi connectivity index (χ1) is 9.45. The van der Waals surface area contributed by atoms with Crippen molar-refractivity contribution in [2.24, 2.45) is 0 Å². The number of carbonyl (C=O) groups excluding carboxylic acids is 1. The van der Waals surface area contributed by atoms with Crippen molar-refractivity contribution in [2.45, 2.75) is 32.7 Å². The van der Waals surface area contributed by atoms with E-state index in [1.54, 1.807) is 11.3 Å². The number of hydrogen-bond donors (Lipinski definition) is 3. The maximum Gasteiger partial charge on any atom is 0.319 e. The van der Waals surface area contributed by atoms with Gasteiger partial charge in [0.2, 0.25) is 0 Å². The van der Waals surface area contributed by atoms with Gasteiger partial charge in [-0.05, 0) is 38.5 Å². The molecule has 0 aliphatic rings. The van der Waals surface area contributed by atoms with Crippen molar-refractivity contribution in [3.63, 3.8) is 0 Å². The molecular weight excluding hydrogens is 274 g/mol. The van der Waals surface area contributed by atoms with Gasteiger partial charge in [0, 0.05) is 5.69 Å². The van der Waals surface area contributed by atoms with Gasteiger partial charge in [-0.2, -0.15) is 0 Å². The van der Waals surface area contributed by atoms with Gasteiger partial charge in [-0.3, -0.25) is 0 Å². The Morgan fingerprint density at radius 3 is 2.90 bits per heavy atom. The average Bonchev–Trinajstić information content (AvgIpc) is 2.77. The first-order valence-corrected chi connectivity index (χ1v) is 7.34. The Kier molecular flexibility index (Phi) is 4.25. The fourth-order valence-corrected chi connectivity index (χ4v) is 2.66. The highest BCUT2D eigenvalue weighted by Crippen LogP contribution is 2.24. The van der Waals surface area contributed by atoms with E-state index in [0.29, 0.717) is 6.42 Å². The van der Waals surface area contributed by atoms with E-state index >= 15 is 0 Å². The third-order valence-electron chi connectivity index (χ3n) is 3.30. The van der Waals surface area contributed by atoms with Gasteiger partial charge in [0.15, 0.2) is 0 Å². The van der Waals surface area contributed by atoms with Gasteiger partial charge in [-0.1, -0.05) is 6.92 Å². The maximum atomic E-state index is 11.9. The number of nitrogens with one attached hydrogen (secondary N) is 2. The lowest BCUT2D eigenvalue weighted by atomic mass is 10.0. The van der Waals surface area contributed by atoms with Gasteiger partial charge in [-0.15, -0.1) is 11.3 Å². The Morgan fingerprint density at radius 1 is 1.50 bits per heavy atom. The van der Waals surface area contributed by atoms with E-state index in [0.717, 1.165) is 20.9 Å². The van der Waals surface area contributed by atoms with Crippen LogP contribution in [0.1, 0.15) is 25.3 Å². The van der Waals surface area contributed by atoms with Crippen LogP contribution in [0, 0.1) is 6.92 Å². The number of hydrogen-bond acceptors (Lipinski definition) is 4. The molecule has 20 heavy (non-hydrogen) atoms. The largest absolute Gasteiger partial charge is 0.394 e. The van der Waals surface area contributed by atoms with Crippen molar-refractivity contribution >= 4 is 33.3 Å². The van der Waals surface area contributed by atoms with Crippen LogP contribution in [0.2, 0.25) is 0 Å². The second kappa shape index (κ2) is 5.76. The number of aromatic nitrogens is 1. The molecule has 0 saturated carbocycles. The summed E-state index contributed by atoms with van der Waals surface area (Å²) in [5, 5.41) is 15.9. The van der Waals surface area contributed by atoms with Crippen molar-refractivity contribution in [1.29, 1.82) is 0 Å². The van der Waals surface area contributed by atoms with E-state index in [1.807, 2.05) is 39.0 Å². The summed E-state index contributed by atoms with van der Waals surface area (Å²) < 4.78 is 1.04. The molecule has 0 fully saturated rings. The van der Waals surface area contributed by atoms with Gasteiger partial charge >= 0.3 is 6.03 Å². The molecule has 2 rings (SSSR count). The summed E-state index contributed by atoms with van der Waals surface area (Å²) in [5.41, 5.74) is 1.05. The third kappa shape index (κ3) is 3.26. The molecule has 5 nitrogen and oxygen atoms in total. The number of fused-ring (bicyclic) bond motifs is 1. The lowest BCUT2D eigenvalue weighted by molar-refractivity contribution is 0.172. The van der Waals surface area contributed by atoms with Crippen molar-refractivity contribution in [3.05, 3.63) is 23.2 Å². The van der Waals surface area contributed by atoms with Gasteiger partial charge in [0.25, 0.3) is 0 Å². The van der Waals surface area contributed by atoms with Gasteiger partial charge in [0.1, 0.15) is 0 Å². The minimum Gasteiger partial charge on any atom is -0.394 e. The summed E-state index contributed by atoms with van der Waals surface area (Å²) >= 11 is 1.59. The molecule has 0 radical (unpaired) electrons.